The van der Waals surface area contributed by atoms with Crippen LogP contribution in [0.1, 0.15) is 53.9 Å². The van der Waals surface area contributed by atoms with Crippen molar-refractivity contribution in [2.24, 2.45) is 11.3 Å². The van der Waals surface area contributed by atoms with Crippen molar-refractivity contribution < 1.29 is 5.11 Å². The van der Waals surface area contributed by atoms with Gasteiger partial charge in [-0.2, -0.15) is 0 Å². The summed E-state index contributed by atoms with van der Waals surface area (Å²) >= 11 is 0. The van der Waals surface area contributed by atoms with Crippen LogP contribution in [0, 0.1) is 11.3 Å². The van der Waals surface area contributed by atoms with Gasteiger partial charge in [-0.3, -0.25) is 0 Å². The van der Waals surface area contributed by atoms with Crippen LogP contribution in [0.4, 0.5) is 0 Å². The Kier molecular flexibility index (Phi) is 6.78. The third kappa shape index (κ3) is 5.05. The minimum absolute atomic E-state index is 0.156. The van der Waals surface area contributed by atoms with Crippen LogP contribution < -0.4 is 5.32 Å². The first kappa shape index (κ1) is 16.9. The molecule has 0 amide bonds. The maximum absolute atomic E-state index is 9.72. The topological polar surface area (TPSA) is 35.5 Å². The van der Waals surface area contributed by atoms with E-state index >= 15 is 0 Å². The van der Waals surface area contributed by atoms with Crippen LogP contribution in [0.5, 0.6) is 0 Å². The Labute approximate surface area is 119 Å². The zero-order valence-corrected chi connectivity index (χ0v) is 13.6. The Balaban J connectivity index is 2.53. The fourth-order valence-corrected chi connectivity index (χ4v) is 3.07. The van der Waals surface area contributed by atoms with Crippen molar-refractivity contribution in [3.63, 3.8) is 0 Å². The fourth-order valence-electron chi connectivity index (χ4n) is 3.07. The third-order valence-electron chi connectivity index (χ3n) is 4.94. The molecule has 0 radical (unpaired) electrons. The summed E-state index contributed by atoms with van der Waals surface area (Å²) in [6, 6.07) is 0.557. The summed E-state index contributed by atoms with van der Waals surface area (Å²) in [6.45, 7) is 15.5. The summed E-state index contributed by atoms with van der Waals surface area (Å²) in [4.78, 5) is 2.56. The van der Waals surface area contributed by atoms with E-state index < -0.39 is 0 Å². The molecule has 2 N–H and O–H groups in total. The Morgan fingerprint density at radius 1 is 1.26 bits per heavy atom. The van der Waals surface area contributed by atoms with Crippen LogP contribution in [0.25, 0.3) is 0 Å². The molecule has 114 valence electrons. The summed E-state index contributed by atoms with van der Waals surface area (Å²) in [6.07, 6.45) is 3.44. The molecular weight excluding hydrogens is 236 g/mol. The molecule has 1 aliphatic rings. The van der Waals surface area contributed by atoms with E-state index in [2.05, 4.69) is 37.9 Å². The lowest BCUT2D eigenvalue weighted by molar-refractivity contribution is 0.112. The molecule has 0 aliphatic carbocycles. The van der Waals surface area contributed by atoms with Crippen molar-refractivity contribution in [3.05, 3.63) is 0 Å². The molecule has 3 nitrogen and oxygen atoms in total. The molecule has 0 spiro atoms. The minimum atomic E-state index is -0.156. The van der Waals surface area contributed by atoms with Crippen LogP contribution >= 0.6 is 0 Å². The predicted molar refractivity (Wildman–Crippen MR) is 82.4 cm³/mol. The maximum atomic E-state index is 9.72. The van der Waals surface area contributed by atoms with Crippen molar-refractivity contribution in [2.75, 3.05) is 26.2 Å². The van der Waals surface area contributed by atoms with Gasteiger partial charge in [-0.25, -0.2) is 0 Å². The molecule has 0 bridgehead atoms. The molecule has 1 rings (SSSR count). The maximum Gasteiger partial charge on any atom is 0.0552 e. The number of likely N-dealkylation sites (tertiary alicyclic amines) is 1. The Morgan fingerprint density at radius 2 is 1.89 bits per heavy atom. The third-order valence-corrected chi connectivity index (χ3v) is 4.94. The van der Waals surface area contributed by atoms with Gasteiger partial charge in [0.1, 0.15) is 0 Å². The van der Waals surface area contributed by atoms with E-state index in [0.29, 0.717) is 17.4 Å². The quantitative estimate of drug-likeness (QED) is 0.711. The van der Waals surface area contributed by atoms with Gasteiger partial charge < -0.3 is 15.3 Å². The second-order valence-corrected chi connectivity index (χ2v) is 6.77. The Hall–Kier alpha value is -0.120. The molecule has 2 unspecified atom stereocenters. The van der Waals surface area contributed by atoms with Crippen molar-refractivity contribution in [2.45, 2.75) is 66.0 Å². The van der Waals surface area contributed by atoms with Crippen LogP contribution in [0.3, 0.4) is 0 Å². The monoisotopic (exact) mass is 270 g/mol. The van der Waals surface area contributed by atoms with E-state index in [9.17, 15) is 5.11 Å². The van der Waals surface area contributed by atoms with Gasteiger partial charge in [-0.05, 0) is 44.1 Å². The van der Waals surface area contributed by atoms with Crippen LogP contribution in [0.2, 0.25) is 0 Å². The standard InChI is InChI=1S/C16H34N2O/c1-6-16(7-2,11-17-13(3)4)12-18-9-8-15(10-18)14(5)19/h13-15,17,19H,6-12H2,1-5H3. The van der Waals surface area contributed by atoms with Gasteiger partial charge in [0.15, 0.2) is 0 Å². The number of nitrogens with zero attached hydrogens (tertiary/aromatic N) is 1. The highest BCUT2D eigenvalue weighted by Crippen LogP contribution is 2.30. The normalized spacial score (nSPS) is 23.2. The average Bonchev–Trinajstić information content (AvgIpc) is 2.83. The summed E-state index contributed by atoms with van der Waals surface area (Å²) in [5.74, 6) is 0.476. The van der Waals surface area contributed by atoms with Gasteiger partial charge in [0.25, 0.3) is 0 Å². The second-order valence-electron chi connectivity index (χ2n) is 6.77. The summed E-state index contributed by atoms with van der Waals surface area (Å²) in [5, 5.41) is 13.3. The summed E-state index contributed by atoms with van der Waals surface area (Å²) in [7, 11) is 0. The highest BCUT2D eigenvalue weighted by Gasteiger charge is 2.33. The van der Waals surface area contributed by atoms with E-state index in [1.54, 1.807) is 0 Å². The fraction of sp³-hybridized carbons (Fsp3) is 1.00. The smallest absolute Gasteiger partial charge is 0.0552 e. The molecule has 19 heavy (non-hydrogen) atoms. The number of aliphatic hydroxyl groups is 1. The van der Waals surface area contributed by atoms with Crippen molar-refractivity contribution in [1.29, 1.82) is 0 Å². The molecule has 1 aliphatic heterocycles. The number of aliphatic hydroxyl groups excluding tert-OH is 1. The SMILES string of the molecule is CCC(CC)(CNC(C)C)CN1CCC(C(C)O)C1. The minimum Gasteiger partial charge on any atom is -0.393 e. The van der Waals surface area contributed by atoms with Gasteiger partial charge in [-0.15, -0.1) is 0 Å². The highest BCUT2D eigenvalue weighted by molar-refractivity contribution is 4.87. The van der Waals surface area contributed by atoms with Crippen molar-refractivity contribution >= 4 is 0 Å². The van der Waals surface area contributed by atoms with Gasteiger partial charge in [-0.1, -0.05) is 27.7 Å². The van der Waals surface area contributed by atoms with Crippen molar-refractivity contribution in [3.8, 4) is 0 Å². The van der Waals surface area contributed by atoms with E-state index in [0.717, 1.165) is 26.1 Å². The lowest BCUT2D eigenvalue weighted by Crippen LogP contribution is -2.44. The molecule has 1 fully saturated rings. The molecule has 1 heterocycles. The second kappa shape index (κ2) is 7.61. The zero-order chi connectivity index (χ0) is 14.5. The van der Waals surface area contributed by atoms with Gasteiger partial charge in [0.05, 0.1) is 6.10 Å². The lowest BCUT2D eigenvalue weighted by atomic mass is 9.81. The first-order valence-electron chi connectivity index (χ1n) is 8.06. The first-order valence-corrected chi connectivity index (χ1v) is 8.06. The number of rotatable bonds is 8. The Morgan fingerprint density at radius 3 is 2.32 bits per heavy atom. The molecule has 3 heteroatoms. The highest BCUT2D eigenvalue weighted by atomic mass is 16.3. The predicted octanol–water partition coefficient (Wildman–Crippen LogP) is 2.49. The molecule has 0 aromatic heterocycles. The lowest BCUT2D eigenvalue weighted by Gasteiger charge is -2.37. The van der Waals surface area contributed by atoms with Crippen LogP contribution in [0.15, 0.2) is 0 Å². The molecule has 0 saturated carbocycles. The van der Waals surface area contributed by atoms with Crippen molar-refractivity contribution in [1.82, 2.24) is 10.2 Å². The van der Waals surface area contributed by atoms with Gasteiger partial charge in [0.2, 0.25) is 0 Å². The van der Waals surface area contributed by atoms with Crippen LogP contribution in [-0.2, 0) is 0 Å². The zero-order valence-electron chi connectivity index (χ0n) is 13.6. The molecule has 2 atom stereocenters. The van der Waals surface area contributed by atoms with Gasteiger partial charge >= 0.3 is 0 Å². The van der Waals surface area contributed by atoms with E-state index in [1.807, 2.05) is 6.92 Å². The van der Waals surface area contributed by atoms with Gasteiger partial charge in [0, 0.05) is 25.7 Å². The molecule has 0 aromatic rings. The largest absolute Gasteiger partial charge is 0.393 e. The first-order chi connectivity index (χ1) is 8.92. The Bertz CT molecular complexity index is 249. The van der Waals surface area contributed by atoms with E-state index in [4.69, 9.17) is 0 Å². The molecule has 1 saturated heterocycles. The number of hydrogen-bond donors (Lipinski definition) is 2. The molecule has 0 aromatic carbocycles. The van der Waals surface area contributed by atoms with E-state index in [1.165, 1.54) is 19.4 Å². The summed E-state index contributed by atoms with van der Waals surface area (Å²) in [5.41, 5.74) is 0.387. The van der Waals surface area contributed by atoms with Crippen LogP contribution in [-0.4, -0.2) is 48.3 Å². The number of hydrogen-bond acceptors (Lipinski definition) is 3. The molecular formula is C16H34N2O. The number of nitrogens with one attached hydrogen (secondary N) is 1. The summed E-state index contributed by atoms with van der Waals surface area (Å²) < 4.78 is 0. The average molecular weight is 270 g/mol. The van der Waals surface area contributed by atoms with E-state index in [-0.39, 0.29) is 6.10 Å².